The first-order chi connectivity index (χ1) is 5.59. The molecule has 0 aromatic heterocycles. The van der Waals surface area contributed by atoms with E-state index < -0.39 is 0 Å². The van der Waals surface area contributed by atoms with Gasteiger partial charge in [-0.3, -0.25) is 0 Å². The Hall–Kier alpha value is 0. The topological polar surface area (TPSA) is 0 Å². The van der Waals surface area contributed by atoms with Crippen LogP contribution in [0.4, 0.5) is 0 Å². The fourth-order valence-electron chi connectivity index (χ4n) is 2.68. The van der Waals surface area contributed by atoms with Gasteiger partial charge in [-0.05, 0) is 42.9 Å². The molecule has 1 aliphatic rings. The maximum Gasteiger partial charge on any atom is -0.0386 e. The normalized spacial score (nSPS) is 37.2. The molecule has 3 atom stereocenters. The van der Waals surface area contributed by atoms with Crippen LogP contribution < -0.4 is 0 Å². The monoisotopic (exact) mass is 168 g/mol. The average Bonchev–Trinajstić information content (AvgIpc) is 1.94. The molecule has 0 aromatic rings. The van der Waals surface area contributed by atoms with Crippen LogP contribution in [0.3, 0.4) is 0 Å². The van der Waals surface area contributed by atoms with E-state index in [1.165, 1.54) is 25.7 Å². The summed E-state index contributed by atoms with van der Waals surface area (Å²) in [6.07, 6.45) is 5.88. The molecule has 0 N–H and O–H groups in total. The number of rotatable bonds is 2. The lowest BCUT2D eigenvalue weighted by Crippen LogP contribution is -2.22. The van der Waals surface area contributed by atoms with E-state index in [9.17, 15) is 0 Å². The fourth-order valence-corrected chi connectivity index (χ4v) is 2.68. The van der Waals surface area contributed by atoms with Crippen molar-refractivity contribution >= 4 is 0 Å². The lowest BCUT2D eigenvalue weighted by atomic mass is 9.73. The van der Waals surface area contributed by atoms with E-state index >= 15 is 0 Å². The second-order valence-corrected chi connectivity index (χ2v) is 5.29. The molecule has 0 bridgehead atoms. The molecule has 72 valence electrons. The molecule has 0 aliphatic heterocycles. The van der Waals surface area contributed by atoms with E-state index in [4.69, 9.17) is 0 Å². The van der Waals surface area contributed by atoms with Gasteiger partial charge in [-0.15, -0.1) is 0 Å². The van der Waals surface area contributed by atoms with Crippen molar-refractivity contribution in [3.8, 4) is 0 Å². The van der Waals surface area contributed by atoms with E-state index in [0.29, 0.717) is 0 Å². The smallest absolute Gasteiger partial charge is 0.0386 e. The molecule has 0 heteroatoms. The zero-order valence-corrected chi connectivity index (χ0v) is 9.14. The predicted molar refractivity (Wildman–Crippen MR) is 55.1 cm³/mol. The van der Waals surface area contributed by atoms with Gasteiger partial charge in [0.1, 0.15) is 0 Å². The fraction of sp³-hybridized carbons (Fsp3) is 1.00. The van der Waals surface area contributed by atoms with Gasteiger partial charge >= 0.3 is 0 Å². The van der Waals surface area contributed by atoms with Gasteiger partial charge in [-0.2, -0.15) is 0 Å². The molecular formula is C12H24. The van der Waals surface area contributed by atoms with Crippen LogP contribution in [-0.2, 0) is 0 Å². The van der Waals surface area contributed by atoms with Gasteiger partial charge in [0.2, 0.25) is 0 Å². The first-order valence-electron chi connectivity index (χ1n) is 5.59. The summed E-state index contributed by atoms with van der Waals surface area (Å²) in [5, 5.41) is 0. The first-order valence-corrected chi connectivity index (χ1v) is 5.59. The van der Waals surface area contributed by atoms with Crippen LogP contribution in [0, 0.1) is 23.7 Å². The third-order valence-corrected chi connectivity index (χ3v) is 3.38. The Morgan fingerprint density at radius 3 is 2.33 bits per heavy atom. The largest absolute Gasteiger partial charge is 0.0628 e. The van der Waals surface area contributed by atoms with E-state index in [0.717, 1.165) is 23.7 Å². The molecule has 1 fully saturated rings. The maximum atomic E-state index is 2.45. The lowest BCUT2D eigenvalue weighted by molar-refractivity contribution is 0.179. The molecule has 1 aliphatic carbocycles. The third kappa shape index (κ3) is 2.80. The van der Waals surface area contributed by atoms with Crippen LogP contribution in [0.5, 0.6) is 0 Å². The van der Waals surface area contributed by atoms with E-state index in [2.05, 4.69) is 27.7 Å². The molecule has 0 radical (unpaired) electrons. The van der Waals surface area contributed by atoms with Crippen LogP contribution in [-0.4, -0.2) is 0 Å². The Morgan fingerprint density at radius 2 is 1.83 bits per heavy atom. The molecule has 0 amide bonds. The molecule has 3 unspecified atom stereocenters. The van der Waals surface area contributed by atoms with Crippen LogP contribution in [0.1, 0.15) is 53.4 Å². The second-order valence-electron chi connectivity index (χ2n) is 5.29. The molecule has 0 aromatic carbocycles. The van der Waals surface area contributed by atoms with Gasteiger partial charge in [0.05, 0.1) is 0 Å². The Balaban J connectivity index is 2.34. The lowest BCUT2D eigenvalue weighted by Gasteiger charge is -2.33. The van der Waals surface area contributed by atoms with Gasteiger partial charge in [0, 0.05) is 0 Å². The summed E-state index contributed by atoms with van der Waals surface area (Å²) in [6, 6.07) is 0. The van der Waals surface area contributed by atoms with E-state index in [1.807, 2.05) is 0 Å². The van der Waals surface area contributed by atoms with Crippen molar-refractivity contribution in [2.24, 2.45) is 23.7 Å². The SMILES string of the molecule is CC(C)CC1CCC(C)CC1C. The minimum absolute atomic E-state index is 0.894. The van der Waals surface area contributed by atoms with Gasteiger partial charge in [0.15, 0.2) is 0 Å². The minimum atomic E-state index is 0.894. The van der Waals surface area contributed by atoms with Crippen molar-refractivity contribution < 1.29 is 0 Å². The van der Waals surface area contributed by atoms with Crippen molar-refractivity contribution in [1.82, 2.24) is 0 Å². The van der Waals surface area contributed by atoms with Crippen LogP contribution in [0.2, 0.25) is 0 Å². The highest BCUT2D eigenvalue weighted by Crippen LogP contribution is 2.36. The Labute approximate surface area is 77.7 Å². The number of hydrogen-bond donors (Lipinski definition) is 0. The van der Waals surface area contributed by atoms with Crippen LogP contribution in [0.25, 0.3) is 0 Å². The highest BCUT2D eigenvalue weighted by molar-refractivity contribution is 4.76. The van der Waals surface area contributed by atoms with Gasteiger partial charge in [-0.1, -0.05) is 34.1 Å². The molecule has 0 spiro atoms. The van der Waals surface area contributed by atoms with Crippen LogP contribution >= 0.6 is 0 Å². The predicted octanol–water partition coefficient (Wildman–Crippen LogP) is 4.10. The summed E-state index contributed by atoms with van der Waals surface area (Å²) >= 11 is 0. The van der Waals surface area contributed by atoms with Crippen molar-refractivity contribution in [2.45, 2.75) is 53.4 Å². The first kappa shape index (κ1) is 10.1. The Bertz CT molecular complexity index is 126. The quantitative estimate of drug-likeness (QED) is 0.582. The standard InChI is InChI=1S/C12H24/c1-9(2)7-12-6-5-10(3)8-11(12)4/h9-12H,5-8H2,1-4H3. The Kier molecular flexibility index (Phi) is 3.61. The molecule has 0 saturated heterocycles. The summed E-state index contributed by atoms with van der Waals surface area (Å²) in [6.45, 7) is 9.56. The highest BCUT2D eigenvalue weighted by atomic mass is 14.3. The van der Waals surface area contributed by atoms with Crippen LogP contribution in [0.15, 0.2) is 0 Å². The minimum Gasteiger partial charge on any atom is -0.0628 e. The zero-order valence-electron chi connectivity index (χ0n) is 9.14. The van der Waals surface area contributed by atoms with Crippen molar-refractivity contribution in [3.05, 3.63) is 0 Å². The summed E-state index contributed by atoms with van der Waals surface area (Å²) < 4.78 is 0. The average molecular weight is 168 g/mol. The molecule has 12 heavy (non-hydrogen) atoms. The summed E-state index contributed by atoms with van der Waals surface area (Å²) in [7, 11) is 0. The van der Waals surface area contributed by atoms with E-state index in [-0.39, 0.29) is 0 Å². The van der Waals surface area contributed by atoms with Gasteiger partial charge in [0.25, 0.3) is 0 Å². The summed E-state index contributed by atoms with van der Waals surface area (Å²) in [4.78, 5) is 0. The molecular weight excluding hydrogens is 144 g/mol. The van der Waals surface area contributed by atoms with E-state index in [1.54, 1.807) is 0 Å². The summed E-state index contributed by atoms with van der Waals surface area (Å²) in [5.41, 5.74) is 0. The number of hydrogen-bond acceptors (Lipinski definition) is 0. The second kappa shape index (κ2) is 4.30. The highest BCUT2D eigenvalue weighted by Gasteiger charge is 2.25. The molecule has 1 saturated carbocycles. The summed E-state index contributed by atoms with van der Waals surface area (Å²) in [5.74, 6) is 3.90. The Morgan fingerprint density at radius 1 is 1.17 bits per heavy atom. The molecule has 0 heterocycles. The third-order valence-electron chi connectivity index (χ3n) is 3.38. The van der Waals surface area contributed by atoms with Gasteiger partial charge < -0.3 is 0 Å². The van der Waals surface area contributed by atoms with Crippen molar-refractivity contribution in [2.75, 3.05) is 0 Å². The maximum absolute atomic E-state index is 2.45. The zero-order chi connectivity index (χ0) is 9.14. The van der Waals surface area contributed by atoms with Crippen molar-refractivity contribution in [3.63, 3.8) is 0 Å². The molecule has 0 nitrogen and oxygen atoms in total. The van der Waals surface area contributed by atoms with Gasteiger partial charge in [-0.25, -0.2) is 0 Å². The molecule has 1 rings (SSSR count). The van der Waals surface area contributed by atoms with Crippen molar-refractivity contribution in [1.29, 1.82) is 0 Å².